The molecule has 1 unspecified atom stereocenters. The molecule has 0 aromatic heterocycles. The zero-order valence-electron chi connectivity index (χ0n) is 10.7. The van der Waals surface area contributed by atoms with Gasteiger partial charge in [0, 0.05) is 18.3 Å². The molecule has 3 N–H and O–H groups in total. The monoisotopic (exact) mass is 220 g/mol. The van der Waals surface area contributed by atoms with E-state index in [0.717, 1.165) is 25.3 Å². The van der Waals surface area contributed by atoms with Crippen molar-refractivity contribution in [3.05, 3.63) is 29.8 Å². The number of nitrogens with two attached hydrogens (primary N) is 1. The van der Waals surface area contributed by atoms with Crippen LogP contribution in [-0.4, -0.2) is 12.6 Å². The molecule has 1 aromatic rings. The Morgan fingerprint density at radius 1 is 1.12 bits per heavy atom. The Kier molecular flexibility index (Phi) is 5.33. The predicted octanol–water partition coefficient (Wildman–Crippen LogP) is 3.03. The SMILES string of the molecule is CC(C)Cc1ccc(NCCC(C)N)cc1. The molecule has 0 fully saturated rings. The molecular weight excluding hydrogens is 196 g/mol. The van der Waals surface area contributed by atoms with E-state index in [1.165, 1.54) is 11.3 Å². The van der Waals surface area contributed by atoms with Crippen molar-refractivity contribution in [2.24, 2.45) is 11.7 Å². The maximum atomic E-state index is 5.70. The van der Waals surface area contributed by atoms with Crippen LogP contribution in [0.25, 0.3) is 0 Å². The molecule has 0 heterocycles. The van der Waals surface area contributed by atoms with Crippen LogP contribution in [0.2, 0.25) is 0 Å². The van der Waals surface area contributed by atoms with Crippen LogP contribution in [0.5, 0.6) is 0 Å². The highest BCUT2D eigenvalue weighted by atomic mass is 14.9. The highest BCUT2D eigenvalue weighted by Gasteiger charge is 1.98. The summed E-state index contributed by atoms with van der Waals surface area (Å²) in [5.74, 6) is 0.719. The third-order valence-electron chi connectivity index (χ3n) is 2.53. The number of nitrogens with one attached hydrogen (secondary N) is 1. The van der Waals surface area contributed by atoms with Crippen LogP contribution in [0.1, 0.15) is 32.8 Å². The van der Waals surface area contributed by atoms with Crippen molar-refractivity contribution in [1.82, 2.24) is 0 Å². The summed E-state index contributed by atoms with van der Waals surface area (Å²) < 4.78 is 0. The number of rotatable bonds is 6. The van der Waals surface area contributed by atoms with Gasteiger partial charge < -0.3 is 11.1 Å². The first-order valence-electron chi connectivity index (χ1n) is 6.16. The first kappa shape index (κ1) is 13.0. The smallest absolute Gasteiger partial charge is 0.0340 e. The van der Waals surface area contributed by atoms with Crippen molar-refractivity contribution in [2.45, 2.75) is 39.7 Å². The number of benzene rings is 1. The van der Waals surface area contributed by atoms with Crippen LogP contribution in [0.3, 0.4) is 0 Å². The molecule has 2 heteroatoms. The molecule has 0 bridgehead atoms. The van der Waals surface area contributed by atoms with Crippen molar-refractivity contribution in [3.63, 3.8) is 0 Å². The molecule has 0 aliphatic rings. The van der Waals surface area contributed by atoms with Gasteiger partial charge in [0.2, 0.25) is 0 Å². The van der Waals surface area contributed by atoms with Crippen LogP contribution in [0, 0.1) is 5.92 Å². The molecule has 1 rings (SSSR count). The lowest BCUT2D eigenvalue weighted by atomic mass is 10.0. The van der Waals surface area contributed by atoms with Gasteiger partial charge in [0.25, 0.3) is 0 Å². The first-order chi connectivity index (χ1) is 7.58. The zero-order valence-corrected chi connectivity index (χ0v) is 10.7. The summed E-state index contributed by atoms with van der Waals surface area (Å²) in [6.45, 7) is 7.47. The van der Waals surface area contributed by atoms with Gasteiger partial charge in [-0.25, -0.2) is 0 Å². The second-order valence-electron chi connectivity index (χ2n) is 4.99. The summed E-state index contributed by atoms with van der Waals surface area (Å²) in [4.78, 5) is 0. The summed E-state index contributed by atoms with van der Waals surface area (Å²) in [7, 11) is 0. The van der Waals surface area contributed by atoms with Gasteiger partial charge in [-0.2, -0.15) is 0 Å². The molecule has 0 radical (unpaired) electrons. The molecule has 90 valence electrons. The molecule has 0 saturated heterocycles. The van der Waals surface area contributed by atoms with Crippen molar-refractivity contribution in [1.29, 1.82) is 0 Å². The van der Waals surface area contributed by atoms with Gasteiger partial charge in [-0.1, -0.05) is 26.0 Å². The van der Waals surface area contributed by atoms with E-state index in [1.54, 1.807) is 0 Å². The van der Waals surface area contributed by atoms with E-state index < -0.39 is 0 Å². The van der Waals surface area contributed by atoms with Crippen LogP contribution in [-0.2, 0) is 6.42 Å². The fourth-order valence-corrected chi connectivity index (χ4v) is 1.67. The standard InChI is InChI=1S/C14H24N2/c1-11(2)10-13-4-6-14(7-5-13)16-9-8-12(3)15/h4-7,11-12,16H,8-10,15H2,1-3H3. The third kappa shape index (κ3) is 5.17. The lowest BCUT2D eigenvalue weighted by molar-refractivity contribution is 0.647. The maximum absolute atomic E-state index is 5.70. The fraction of sp³-hybridized carbons (Fsp3) is 0.571. The van der Waals surface area contributed by atoms with Crippen LogP contribution >= 0.6 is 0 Å². The van der Waals surface area contributed by atoms with Gasteiger partial charge >= 0.3 is 0 Å². The minimum absolute atomic E-state index is 0.271. The Bertz CT molecular complexity index is 288. The minimum Gasteiger partial charge on any atom is -0.385 e. The van der Waals surface area contributed by atoms with Crippen molar-refractivity contribution in [2.75, 3.05) is 11.9 Å². The van der Waals surface area contributed by atoms with Gasteiger partial charge in [0.05, 0.1) is 0 Å². The lowest BCUT2D eigenvalue weighted by Crippen LogP contribution is -2.19. The highest BCUT2D eigenvalue weighted by molar-refractivity contribution is 5.44. The Morgan fingerprint density at radius 3 is 2.25 bits per heavy atom. The summed E-state index contributed by atoms with van der Waals surface area (Å²) >= 11 is 0. The van der Waals surface area contributed by atoms with Crippen LogP contribution in [0.15, 0.2) is 24.3 Å². The number of hydrogen-bond donors (Lipinski definition) is 2. The third-order valence-corrected chi connectivity index (χ3v) is 2.53. The Labute approximate surface area is 99.2 Å². The average Bonchev–Trinajstić information content (AvgIpc) is 2.19. The Hall–Kier alpha value is -1.02. The first-order valence-corrected chi connectivity index (χ1v) is 6.16. The van der Waals surface area contributed by atoms with Gasteiger partial charge in [-0.05, 0) is 43.4 Å². The fourth-order valence-electron chi connectivity index (χ4n) is 1.67. The second-order valence-corrected chi connectivity index (χ2v) is 4.99. The van der Waals surface area contributed by atoms with Crippen LogP contribution < -0.4 is 11.1 Å². The topological polar surface area (TPSA) is 38.0 Å². The molecular formula is C14H24N2. The normalized spacial score (nSPS) is 12.8. The van der Waals surface area contributed by atoms with E-state index in [-0.39, 0.29) is 6.04 Å². The molecule has 2 nitrogen and oxygen atoms in total. The number of hydrogen-bond acceptors (Lipinski definition) is 2. The molecule has 16 heavy (non-hydrogen) atoms. The van der Waals surface area contributed by atoms with Crippen molar-refractivity contribution < 1.29 is 0 Å². The quantitative estimate of drug-likeness (QED) is 0.773. The average molecular weight is 220 g/mol. The van der Waals surface area contributed by atoms with Crippen molar-refractivity contribution in [3.8, 4) is 0 Å². The van der Waals surface area contributed by atoms with E-state index in [2.05, 4.69) is 43.4 Å². The van der Waals surface area contributed by atoms with Gasteiger partial charge in [-0.15, -0.1) is 0 Å². The Balaban J connectivity index is 2.39. The molecule has 0 aliphatic heterocycles. The number of anilines is 1. The predicted molar refractivity (Wildman–Crippen MR) is 71.7 cm³/mol. The lowest BCUT2D eigenvalue weighted by Gasteiger charge is -2.10. The van der Waals surface area contributed by atoms with Gasteiger partial charge in [0.15, 0.2) is 0 Å². The van der Waals surface area contributed by atoms with E-state index in [4.69, 9.17) is 5.73 Å². The summed E-state index contributed by atoms with van der Waals surface area (Å²) in [5, 5.41) is 3.38. The van der Waals surface area contributed by atoms with E-state index >= 15 is 0 Å². The molecule has 0 amide bonds. The van der Waals surface area contributed by atoms with Gasteiger partial charge in [-0.3, -0.25) is 0 Å². The molecule has 1 atom stereocenters. The van der Waals surface area contributed by atoms with E-state index in [9.17, 15) is 0 Å². The summed E-state index contributed by atoms with van der Waals surface area (Å²) in [6, 6.07) is 8.98. The zero-order chi connectivity index (χ0) is 12.0. The summed E-state index contributed by atoms with van der Waals surface area (Å²) in [6.07, 6.45) is 2.16. The van der Waals surface area contributed by atoms with E-state index in [1.807, 2.05) is 6.92 Å². The summed E-state index contributed by atoms with van der Waals surface area (Å²) in [5.41, 5.74) is 8.29. The largest absolute Gasteiger partial charge is 0.385 e. The van der Waals surface area contributed by atoms with Gasteiger partial charge in [0.1, 0.15) is 0 Å². The second kappa shape index (κ2) is 6.54. The molecule has 0 spiro atoms. The Morgan fingerprint density at radius 2 is 1.75 bits per heavy atom. The van der Waals surface area contributed by atoms with Crippen LogP contribution in [0.4, 0.5) is 5.69 Å². The van der Waals surface area contributed by atoms with Crippen molar-refractivity contribution >= 4 is 5.69 Å². The highest BCUT2D eigenvalue weighted by Crippen LogP contribution is 2.12. The van der Waals surface area contributed by atoms with E-state index in [0.29, 0.717) is 0 Å². The molecule has 0 aliphatic carbocycles. The maximum Gasteiger partial charge on any atom is 0.0340 e. The molecule has 0 saturated carbocycles. The minimum atomic E-state index is 0.271. The molecule has 1 aromatic carbocycles.